The number of carbonyl (C=O) groups excluding carboxylic acids is 1. The van der Waals surface area contributed by atoms with Gasteiger partial charge in [0.15, 0.2) is 0 Å². The molecule has 1 aliphatic heterocycles. The summed E-state index contributed by atoms with van der Waals surface area (Å²) in [4.78, 5) is 16.2. The van der Waals surface area contributed by atoms with Crippen LogP contribution >= 0.6 is 23.2 Å². The van der Waals surface area contributed by atoms with Crippen LogP contribution in [0.5, 0.6) is 5.88 Å². The minimum atomic E-state index is -0.102. The van der Waals surface area contributed by atoms with Crippen LogP contribution in [0.3, 0.4) is 0 Å². The number of amides is 1. The van der Waals surface area contributed by atoms with E-state index in [1.165, 1.54) is 0 Å². The maximum atomic E-state index is 11.4. The van der Waals surface area contributed by atoms with E-state index < -0.39 is 0 Å². The summed E-state index contributed by atoms with van der Waals surface area (Å²) in [6.45, 7) is 1.49. The lowest BCUT2D eigenvalue weighted by molar-refractivity contribution is -0.119. The van der Waals surface area contributed by atoms with E-state index in [-0.39, 0.29) is 18.6 Å². The van der Waals surface area contributed by atoms with Gasteiger partial charge >= 0.3 is 0 Å². The Morgan fingerprint density at radius 1 is 0.976 bits per heavy atom. The van der Waals surface area contributed by atoms with E-state index in [1.54, 1.807) is 7.11 Å². The quantitative estimate of drug-likeness (QED) is 0.188. The number of halogens is 2. The van der Waals surface area contributed by atoms with Gasteiger partial charge < -0.3 is 26.2 Å². The monoisotopic (exact) mass is 590 g/mol. The smallest absolute Gasteiger partial charge is 0.220 e. The summed E-state index contributed by atoms with van der Waals surface area (Å²) >= 11 is 14.0. The third-order valence-corrected chi connectivity index (χ3v) is 8.21. The maximum absolute atomic E-state index is 11.4. The van der Waals surface area contributed by atoms with Crippen LogP contribution in [0.2, 0.25) is 10.0 Å². The normalized spacial score (nSPS) is 14.8. The van der Waals surface area contributed by atoms with Gasteiger partial charge in [-0.1, -0.05) is 77.8 Å². The topological polar surface area (TPSA) is 110 Å². The van der Waals surface area contributed by atoms with Crippen molar-refractivity contribution < 1.29 is 14.6 Å². The van der Waals surface area contributed by atoms with Gasteiger partial charge in [-0.15, -0.1) is 0 Å². The lowest BCUT2D eigenvalue weighted by atomic mass is 9.95. The van der Waals surface area contributed by atoms with Crippen LogP contribution < -0.4 is 21.1 Å². The van der Waals surface area contributed by atoms with E-state index in [2.05, 4.69) is 10.6 Å². The molecule has 0 saturated carbocycles. The number of hydrogen-bond donors (Lipinski definition) is 4. The van der Waals surface area contributed by atoms with E-state index in [0.717, 1.165) is 50.9 Å². The zero-order chi connectivity index (χ0) is 28.9. The van der Waals surface area contributed by atoms with Crippen molar-refractivity contribution in [2.75, 3.05) is 13.7 Å². The molecule has 1 saturated heterocycles. The first-order valence-electron chi connectivity index (χ1n) is 13.5. The Hall–Kier alpha value is -3.46. The van der Waals surface area contributed by atoms with Gasteiger partial charge in [0.2, 0.25) is 11.8 Å². The summed E-state index contributed by atoms with van der Waals surface area (Å²) in [5.41, 5.74) is 13.1. The summed E-state index contributed by atoms with van der Waals surface area (Å²) in [7, 11) is 1.60. The van der Waals surface area contributed by atoms with Gasteiger partial charge in [-0.2, -0.15) is 0 Å². The molecular weight excluding hydrogens is 559 g/mol. The summed E-state index contributed by atoms with van der Waals surface area (Å²) in [5.74, 6) is 0.608. The van der Waals surface area contributed by atoms with Crippen LogP contribution in [0.4, 0.5) is 0 Å². The number of hydrogen-bond acceptors (Lipinski definition) is 6. The maximum Gasteiger partial charge on any atom is 0.220 e. The van der Waals surface area contributed by atoms with E-state index in [0.29, 0.717) is 47.7 Å². The Morgan fingerprint density at radius 3 is 2.32 bits per heavy atom. The van der Waals surface area contributed by atoms with Crippen LogP contribution in [0.15, 0.2) is 66.7 Å². The highest BCUT2D eigenvalue weighted by Crippen LogP contribution is 2.42. The fourth-order valence-electron chi connectivity index (χ4n) is 5.18. The first-order chi connectivity index (χ1) is 19.9. The van der Waals surface area contributed by atoms with Gasteiger partial charge in [-0.3, -0.25) is 4.79 Å². The number of aliphatic hydroxyl groups excluding tert-OH is 1. The van der Waals surface area contributed by atoms with Crippen LogP contribution in [-0.2, 0) is 24.5 Å². The summed E-state index contributed by atoms with van der Waals surface area (Å²) < 4.78 is 5.61. The number of nitrogens with one attached hydrogen (secondary N) is 2. The van der Waals surface area contributed by atoms with Crippen LogP contribution in [0.1, 0.15) is 29.5 Å². The summed E-state index contributed by atoms with van der Waals surface area (Å²) in [5, 5.41) is 17.2. The second kappa shape index (κ2) is 13.0. The Morgan fingerprint density at radius 2 is 1.66 bits per heavy atom. The van der Waals surface area contributed by atoms with Crippen molar-refractivity contribution in [3.8, 4) is 39.4 Å². The highest BCUT2D eigenvalue weighted by Gasteiger charge is 2.21. The third-order valence-electron chi connectivity index (χ3n) is 7.39. The van der Waals surface area contributed by atoms with Crippen molar-refractivity contribution in [2.45, 2.75) is 38.6 Å². The molecule has 1 aromatic heterocycles. The number of aromatic nitrogens is 1. The predicted octanol–water partition coefficient (Wildman–Crippen LogP) is 5.72. The number of carbonyl (C=O) groups is 1. The van der Waals surface area contributed by atoms with Crippen molar-refractivity contribution >= 4 is 29.1 Å². The molecule has 7 nitrogen and oxygen atoms in total. The van der Waals surface area contributed by atoms with Gasteiger partial charge in [0.05, 0.1) is 29.5 Å². The molecule has 9 heteroatoms. The number of aliphatic hydroxyl groups is 1. The number of ether oxygens (including phenoxy) is 1. The lowest BCUT2D eigenvalue weighted by Crippen LogP contribution is -2.35. The number of pyridine rings is 1. The minimum Gasteiger partial charge on any atom is -0.481 e. The van der Waals surface area contributed by atoms with Crippen molar-refractivity contribution in [3.63, 3.8) is 0 Å². The molecule has 41 heavy (non-hydrogen) atoms. The highest BCUT2D eigenvalue weighted by molar-refractivity contribution is 6.39. The molecule has 3 aromatic carbocycles. The predicted molar refractivity (Wildman–Crippen MR) is 164 cm³/mol. The SMILES string of the molecule is COc1nc(-c2cccc(-c3cccc(-c4ccc(CN)c(CO)c4)c3Cl)c2Cl)ccc1CNC[C@@H]1CCC(=O)N1. The molecule has 1 fully saturated rings. The van der Waals surface area contributed by atoms with E-state index in [4.69, 9.17) is 38.7 Å². The number of nitrogens with two attached hydrogens (primary N) is 1. The number of nitrogens with zero attached hydrogens (tertiary/aromatic N) is 1. The zero-order valence-corrected chi connectivity index (χ0v) is 24.2. The molecule has 212 valence electrons. The molecule has 1 atom stereocenters. The van der Waals surface area contributed by atoms with Gasteiger partial charge in [0, 0.05) is 59.9 Å². The van der Waals surface area contributed by atoms with Crippen molar-refractivity contribution in [1.29, 1.82) is 0 Å². The summed E-state index contributed by atoms with van der Waals surface area (Å²) in [6, 6.07) is 21.5. The molecule has 1 aliphatic rings. The largest absolute Gasteiger partial charge is 0.481 e. The summed E-state index contributed by atoms with van der Waals surface area (Å²) in [6.07, 6.45) is 1.42. The van der Waals surface area contributed by atoms with Crippen molar-refractivity contribution in [3.05, 3.63) is 93.5 Å². The zero-order valence-electron chi connectivity index (χ0n) is 22.7. The Bertz CT molecular complexity index is 1580. The molecule has 0 spiro atoms. The lowest BCUT2D eigenvalue weighted by Gasteiger charge is -2.16. The van der Waals surface area contributed by atoms with Crippen LogP contribution in [0.25, 0.3) is 33.5 Å². The van der Waals surface area contributed by atoms with Crippen molar-refractivity contribution in [2.24, 2.45) is 5.73 Å². The first kappa shape index (κ1) is 29.0. The van der Waals surface area contributed by atoms with Gasteiger partial charge in [0.1, 0.15) is 0 Å². The number of benzene rings is 3. The molecule has 4 aromatic rings. The molecule has 0 aliphatic carbocycles. The second-order valence-electron chi connectivity index (χ2n) is 9.98. The second-order valence-corrected chi connectivity index (χ2v) is 10.7. The fraction of sp³-hybridized carbons (Fsp3) is 0.250. The number of rotatable bonds is 10. The third kappa shape index (κ3) is 6.25. The van der Waals surface area contributed by atoms with E-state index in [9.17, 15) is 9.90 Å². The number of methoxy groups -OCH3 is 1. The fourth-order valence-corrected chi connectivity index (χ4v) is 5.84. The molecule has 0 unspecified atom stereocenters. The minimum absolute atomic E-state index is 0.101. The average Bonchev–Trinajstić information content (AvgIpc) is 3.42. The molecule has 0 bridgehead atoms. The van der Waals surface area contributed by atoms with Crippen LogP contribution in [-0.4, -0.2) is 35.7 Å². The molecule has 2 heterocycles. The molecular formula is C32H32Cl2N4O3. The molecule has 5 N–H and O–H groups in total. The Kier molecular flexibility index (Phi) is 9.22. The Labute approximate surface area is 249 Å². The molecule has 5 rings (SSSR count). The van der Waals surface area contributed by atoms with E-state index in [1.807, 2.05) is 66.7 Å². The average molecular weight is 592 g/mol. The van der Waals surface area contributed by atoms with Crippen molar-refractivity contribution in [1.82, 2.24) is 15.6 Å². The van der Waals surface area contributed by atoms with Gasteiger partial charge in [-0.05, 0) is 35.2 Å². The van der Waals surface area contributed by atoms with Crippen LogP contribution in [0, 0.1) is 0 Å². The first-order valence-corrected chi connectivity index (χ1v) is 14.2. The van der Waals surface area contributed by atoms with Gasteiger partial charge in [-0.25, -0.2) is 4.98 Å². The molecule has 0 radical (unpaired) electrons. The Balaban J connectivity index is 1.43. The molecule has 1 amide bonds. The highest BCUT2D eigenvalue weighted by atomic mass is 35.5. The standard InChI is InChI=1S/C32H32Cl2N4O3/c1-41-32-21(16-36-17-23-11-13-29(40)37-23)10-12-28(38-32)27-7-3-6-26(31(27)34)25-5-2-4-24(30(25)33)19-8-9-20(15-35)22(14-19)18-39/h2-10,12,14,23,36,39H,11,13,15-18,35H2,1H3,(H,37,40)/t23-/m0/s1. The van der Waals surface area contributed by atoms with E-state index >= 15 is 0 Å². The van der Waals surface area contributed by atoms with Gasteiger partial charge in [0.25, 0.3) is 0 Å².